The van der Waals surface area contributed by atoms with E-state index >= 15 is 0 Å². The van der Waals surface area contributed by atoms with Crippen LogP contribution in [0.15, 0.2) is 4.99 Å². The summed E-state index contributed by atoms with van der Waals surface area (Å²) in [5, 5.41) is 11.1. The Labute approximate surface area is 152 Å². The van der Waals surface area contributed by atoms with Gasteiger partial charge in [-0.05, 0) is 25.7 Å². The molecule has 132 valence electrons. The molecule has 1 aliphatic rings. The first-order chi connectivity index (χ1) is 10.0. The summed E-state index contributed by atoms with van der Waals surface area (Å²) in [6, 6.07) is 0. The van der Waals surface area contributed by atoms with Crippen molar-refractivity contribution in [2.45, 2.75) is 51.9 Å². The first-order valence-electron chi connectivity index (χ1n) is 8.04. The van der Waals surface area contributed by atoms with Crippen molar-refractivity contribution in [2.75, 3.05) is 25.4 Å². The Morgan fingerprint density at radius 3 is 2.50 bits per heavy atom. The van der Waals surface area contributed by atoms with E-state index < -0.39 is 10.0 Å². The highest BCUT2D eigenvalue weighted by atomic mass is 127. The normalized spacial score (nSPS) is 16.9. The molecular weight excluding hydrogens is 415 g/mol. The molecule has 0 saturated heterocycles. The molecule has 0 amide bonds. The summed E-state index contributed by atoms with van der Waals surface area (Å²) >= 11 is 0. The number of nitrogens with two attached hydrogens (primary N) is 1. The van der Waals surface area contributed by atoms with E-state index in [4.69, 9.17) is 5.14 Å². The number of nitrogens with zero attached hydrogens (tertiary/aromatic N) is 1. The van der Waals surface area contributed by atoms with Gasteiger partial charge in [0.1, 0.15) is 0 Å². The Hall–Kier alpha value is -0.0900. The largest absolute Gasteiger partial charge is 0.357 e. The fraction of sp³-hybridized carbons (Fsp3) is 0.929. The van der Waals surface area contributed by atoms with Gasteiger partial charge in [0.15, 0.2) is 5.96 Å². The van der Waals surface area contributed by atoms with Gasteiger partial charge in [-0.2, -0.15) is 0 Å². The molecule has 0 atom stereocenters. The molecule has 0 aromatic rings. The van der Waals surface area contributed by atoms with Crippen LogP contribution in [-0.4, -0.2) is 39.8 Å². The minimum Gasteiger partial charge on any atom is -0.357 e. The van der Waals surface area contributed by atoms with Gasteiger partial charge >= 0.3 is 0 Å². The maximum absolute atomic E-state index is 10.9. The van der Waals surface area contributed by atoms with E-state index in [0.717, 1.165) is 25.4 Å². The SMILES string of the molecule is CCNC(=NCCCC1CCCCC1)NCCS(N)(=O)=O.I. The van der Waals surface area contributed by atoms with Gasteiger partial charge in [0.25, 0.3) is 0 Å². The van der Waals surface area contributed by atoms with Gasteiger partial charge in [-0.1, -0.05) is 32.1 Å². The van der Waals surface area contributed by atoms with Crippen molar-refractivity contribution in [1.82, 2.24) is 10.6 Å². The lowest BCUT2D eigenvalue weighted by Crippen LogP contribution is -2.40. The second-order valence-electron chi connectivity index (χ2n) is 5.70. The summed E-state index contributed by atoms with van der Waals surface area (Å²) in [4.78, 5) is 4.48. The van der Waals surface area contributed by atoms with Crippen molar-refractivity contribution in [3.8, 4) is 0 Å². The number of halogens is 1. The molecule has 22 heavy (non-hydrogen) atoms. The van der Waals surface area contributed by atoms with Crippen LogP contribution in [0.4, 0.5) is 0 Å². The molecule has 6 nitrogen and oxygen atoms in total. The minimum absolute atomic E-state index is 0. The second-order valence-corrected chi connectivity index (χ2v) is 7.43. The standard InChI is InChI=1S/C14H30N4O2S.HI/c1-2-16-14(18-11-12-21(15,19)20)17-10-6-9-13-7-4-3-5-8-13;/h13H,2-12H2,1H3,(H2,15,19,20)(H2,16,17,18);1H. The summed E-state index contributed by atoms with van der Waals surface area (Å²) in [7, 11) is -3.42. The van der Waals surface area contributed by atoms with Crippen molar-refractivity contribution >= 4 is 40.0 Å². The van der Waals surface area contributed by atoms with Crippen LogP contribution in [0.5, 0.6) is 0 Å². The molecule has 0 spiro atoms. The molecule has 0 aromatic heterocycles. The average molecular weight is 446 g/mol. The van der Waals surface area contributed by atoms with E-state index in [1.54, 1.807) is 0 Å². The third-order valence-corrected chi connectivity index (χ3v) is 4.56. The fourth-order valence-corrected chi connectivity index (χ4v) is 3.09. The Morgan fingerprint density at radius 2 is 1.91 bits per heavy atom. The smallest absolute Gasteiger partial charge is 0.210 e. The Kier molecular flexibility index (Phi) is 12.3. The lowest BCUT2D eigenvalue weighted by Gasteiger charge is -2.20. The van der Waals surface area contributed by atoms with Crippen LogP contribution in [0, 0.1) is 5.92 Å². The van der Waals surface area contributed by atoms with Crippen LogP contribution in [0.1, 0.15) is 51.9 Å². The quantitative estimate of drug-likeness (QED) is 0.229. The maximum atomic E-state index is 10.9. The number of hydrogen-bond acceptors (Lipinski definition) is 3. The molecule has 0 radical (unpaired) electrons. The lowest BCUT2D eigenvalue weighted by atomic mass is 9.86. The molecule has 0 aromatic carbocycles. The molecule has 1 saturated carbocycles. The van der Waals surface area contributed by atoms with Crippen LogP contribution in [0.3, 0.4) is 0 Å². The molecular formula is C14H31IN4O2S. The van der Waals surface area contributed by atoms with Crippen molar-refractivity contribution in [2.24, 2.45) is 16.0 Å². The van der Waals surface area contributed by atoms with Crippen LogP contribution in [0.2, 0.25) is 0 Å². The molecule has 1 aliphatic carbocycles. The Balaban J connectivity index is 0.00000441. The van der Waals surface area contributed by atoms with Gasteiger partial charge in [0, 0.05) is 19.6 Å². The molecule has 0 heterocycles. The van der Waals surface area contributed by atoms with Crippen LogP contribution in [-0.2, 0) is 10.0 Å². The van der Waals surface area contributed by atoms with E-state index in [1.165, 1.54) is 38.5 Å². The number of aliphatic imine (C=N–C) groups is 1. The van der Waals surface area contributed by atoms with E-state index in [1.807, 2.05) is 6.92 Å². The highest BCUT2D eigenvalue weighted by Crippen LogP contribution is 2.27. The number of primary sulfonamides is 1. The van der Waals surface area contributed by atoms with Gasteiger partial charge in [0.05, 0.1) is 5.75 Å². The number of sulfonamides is 1. The predicted octanol–water partition coefficient (Wildman–Crippen LogP) is 1.81. The fourth-order valence-electron chi connectivity index (χ4n) is 2.70. The highest BCUT2D eigenvalue weighted by molar-refractivity contribution is 14.0. The molecule has 0 unspecified atom stereocenters. The van der Waals surface area contributed by atoms with Crippen LogP contribution < -0.4 is 15.8 Å². The summed E-state index contributed by atoms with van der Waals surface area (Å²) in [5.41, 5.74) is 0. The predicted molar refractivity (Wildman–Crippen MR) is 103 cm³/mol. The topological polar surface area (TPSA) is 96.6 Å². The van der Waals surface area contributed by atoms with Gasteiger partial charge in [0.2, 0.25) is 10.0 Å². The zero-order valence-corrected chi connectivity index (χ0v) is 16.7. The van der Waals surface area contributed by atoms with Crippen molar-refractivity contribution in [3.63, 3.8) is 0 Å². The average Bonchev–Trinajstić information content (AvgIpc) is 2.43. The van der Waals surface area contributed by atoms with Crippen LogP contribution in [0.25, 0.3) is 0 Å². The number of rotatable bonds is 8. The van der Waals surface area contributed by atoms with Gasteiger partial charge in [-0.3, -0.25) is 4.99 Å². The third-order valence-electron chi connectivity index (χ3n) is 3.79. The first-order valence-corrected chi connectivity index (χ1v) is 9.75. The zero-order chi connectivity index (χ0) is 15.6. The van der Waals surface area contributed by atoms with E-state index in [2.05, 4.69) is 15.6 Å². The molecule has 0 bridgehead atoms. The van der Waals surface area contributed by atoms with E-state index in [-0.39, 0.29) is 36.3 Å². The monoisotopic (exact) mass is 446 g/mol. The highest BCUT2D eigenvalue weighted by Gasteiger charge is 2.12. The van der Waals surface area contributed by atoms with E-state index in [9.17, 15) is 8.42 Å². The van der Waals surface area contributed by atoms with Gasteiger partial charge in [-0.25, -0.2) is 13.6 Å². The Bertz CT molecular complexity index is 409. The van der Waals surface area contributed by atoms with E-state index in [0.29, 0.717) is 5.96 Å². The van der Waals surface area contributed by atoms with Gasteiger partial charge < -0.3 is 10.6 Å². The molecule has 0 aliphatic heterocycles. The van der Waals surface area contributed by atoms with Gasteiger partial charge in [-0.15, -0.1) is 24.0 Å². The molecule has 4 N–H and O–H groups in total. The van der Waals surface area contributed by atoms with Crippen molar-refractivity contribution < 1.29 is 8.42 Å². The lowest BCUT2D eigenvalue weighted by molar-refractivity contribution is 0.334. The van der Waals surface area contributed by atoms with Crippen LogP contribution >= 0.6 is 24.0 Å². The maximum Gasteiger partial charge on any atom is 0.210 e. The second kappa shape index (κ2) is 12.3. The molecule has 1 fully saturated rings. The number of nitrogens with one attached hydrogen (secondary N) is 2. The minimum atomic E-state index is -3.42. The van der Waals surface area contributed by atoms with Crippen molar-refractivity contribution in [3.05, 3.63) is 0 Å². The number of hydrogen-bond donors (Lipinski definition) is 3. The summed E-state index contributed by atoms with van der Waals surface area (Å²) in [5.74, 6) is 1.47. The van der Waals surface area contributed by atoms with Crippen molar-refractivity contribution in [1.29, 1.82) is 0 Å². The summed E-state index contributed by atoms with van der Waals surface area (Å²) in [6.45, 7) is 3.80. The Morgan fingerprint density at radius 1 is 1.23 bits per heavy atom. The number of guanidine groups is 1. The molecule has 1 rings (SSSR count). The third kappa shape index (κ3) is 11.5. The summed E-state index contributed by atoms with van der Waals surface area (Å²) < 4.78 is 21.8. The summed E-state index contributed by atoms with van der Waals surface area (Å²) in [6.07, 6.45) is 9.24. The molecule has 8 heteroatoms. The first kappa shape index (κ1) is 21.9. The zero-order valence-electron chi connectivity index (χ0n) is 13.5.